The van der Waals surface area contributed by atoms with Crippen LogP contribution in [0.3, 0.4) is 0 Å². The van der Waals surface area contributed by atoms with E-state index in [1.54, 1.807) is 0 Å². The van der Waals surface area contributed by atoms with Crippen molar-refractivity contribution < 1.29 is 0 Å². The molecule has 0 atom stereocenters. The summed E-state index contributed by atoms with van der Waals surface area (Å²) in [4.78, 5) is 0. The Morgan fingerprint density at radius 1 is 1.32 bits per heavy atom. The maximum Gasteiger partial charge on any atom is 0.182 e. The number of nitrogens with two attached hydrogens (primary N) is 1. The van der Waals surface area contributed by atoms with Gasteiger partial charge < -0.3 is 5.73 Å². The van der Waals surface area contributed by atoms with Gasteiger partial charge in [0, 0.05) is 4.47 Å². The number of nitrogens with zero attached hydrogens (tertiary/aromatic N) is 3. The van der Waals surface area contributed by atoms with Crippen molar-refractivity contribution in [1.82, 2.24) is 20.0 Å². The Bertz CT molecular complexity index is 711. The lowest BCUT2D eigenvalue weighted by Gasteiger charge is -2.02. The van der Waals surface area contributed by atoms with Gasteiger partial charge in [0.05, 0.1) is 17.6 Å². The second-order valence-electron chi connectivity index (χ2n) is 4.42. The Morgan fingerprint density at radius 2 is 2.05 bits per heavy atom. The van der Waals surface area contributed by atoms with E-state index in [-0.39, 0.29) is 0 Å². The summed E-state index contributed by atoms with van der Waals surface area (Å²) in [5.74, 6) is 0.592. The van der Waals surface area contributed by atoms with Crippen molar-refractivity contribution in [2.75, 3.05) is 5.73 Å². The van der Waals surface area contributed by atoms with Crippen LogP contribution in [-0.4, -0.2) is 20.0 Å². The monoisotopic (exact) mass is 319 g/mol. The molecule has 0 amide bonds. The van der Waals surface area contributed by atoms with E-state index in [4.69, 9.17) is 5.73 Å². The molecule has 0 saturated heterocycles. The molecular formula is C13H14BrN5. The Balaban J connectivity index is 2.03. The van der Waals surface area contributed by atoms with Crippen LogP contribution < -0.4 is 5.73 Å². The summed E-state index contributed by atoms with van der Waals surface area (Å²) in [7, 11) is 0. The smallest absolute Gasteiger partial charge is 0.182 e. The quantitative estimate of drug-likeness (QED) is 0.779. The third kappa shape index (κ3) is 2.12. The summed E-state index contributed by atoms with van der Waals surface area (Å²) in [5.41, 5.74) is 8.88. The van der Waals surface area contributed by atoms with Crippen LogP contribution in [0.1, 0.15) is 18.2 Å². The van der Waals surface area contributed by atoms with Gasteiger partial charge in [-0.1, -0.05) is 35.0 Å². The molecule has 5 nitrogen and oxygen atoms in total. The van der Waals surface area contributed by atoms with E-state index in [2.05, 4.69) is 50.3 Å². The molecule has 3 rings (SSSR count). The van der Waals surface area contributed by atoms with Gasteiger partial charge in [-0.05, 0) is 24.1 Å². The van der Waals surface area contributed by atoms with Gasteiger partial charge in [-0.2, -0.15) is 10.2 Å². The van der Waals surface area contributed by atoms with Crippen molar-refractivity contribution >= 4 is 32.8 Å². The maximum atomic E-state index is 5.90. The zero-order chi connectivity index (χ0) is 13.4. The number of anilines is 1. The number of rotatable bonds is 3. The second kappa shape index (κ2) is 4.70. The van der Waals surface area contributed by atoms with Crippen molar-refractivity contribution in [3.63, 3.8) is 0 Å². The standard InChI is InChI=1S/C13H14BrN5/c1-2-10-11-12(15)16-17-13(11)19(18-10)7-8-3-5-9(14)6-4-8/h3-6H,2,7H2,1H3,(H3,15,16,17). The lowest BCUT2D eigenvalue weighted by molar-refractivity contribution is 0.685. The van der Waals surface area contributed by atoms with Gasteiger partial charge in [-0.3, -0.25) is 5.10 Å². The van der Waals surface area contributed by atoms with Crippen LogP contribution >= 0.6 is 15.9 Å². The number of nitrogens with one attached hydrogen (secondary N) is 1. The van der Waals surface area contributed by atoms with Gasteiger partial charge in [0.25, 0.3) is 0 Å². The molecule has 0 saturated carbocycles. The van der Waals surface area contributed by atoms with E-state index in [0.717, 1.165) is 27.6 Å². The molecule has 2 aromatic heterocycles. The first-order valence-corrected chi connectivity index (χ1v) is 6.92. The number of fused-ring (bicyclic) bond motifs is 1. The van der Waals surface area contributed by atoms with E-state index in [1.165, 1.54) is 5.56 Å². The molecule has 0 aliphatic rings. The fourth-order valence-electron chi connectivity index (χ4n) is 2.18. The fourth-order valence-corrected chi connectivity index (χ4v) is 2.44. The fraction of sp³-hybridized carbons (Fsp3) is 0.231. The topological polar surface area (TPSA) is 72.5 Å². The molecular weight excluding hydrogens is 306 g/mol. The Labute approximate surface area is 118 Å². The lowest BCUT2D eigenvalue weighted by Crippen LogP contribution is -2.03. The third-order valence-electron chi connectivity index (χ3n) is 3.13. The Morgan fingerprint density at radius 3 is 2.74 bits per heavy atom. The largest absolute Gasteiger partial charge is 0.383 e. The molecule has 0 spiro atoms. The van der Waals surface area contributed by atoms with Crippen molar-refractivity contribution in [2.24, 2.45) is 0 Å². The zero-order valence-electron chi connectivity index (χ0n) is 10.5. The summed E-state index contributed by atoms with van der Waals surface area (Å²) in [6, 6.07) is 8.18. The first-order chi connectivity index (χ1) is 9.19. The number of hydrogen-bond donors (Lipinski definition) is 2. The van der Waals surface area contributed by atoms with Crippen molar-refractivity contribution in [3.8, 4) is 0 Å². The Hall–Kier alpha value is -1.82. The molecule has 3 aromatic rings. The molecule has 0 fully saturated rings. The minimum atomic E-state index is 0.592. The highest BCUT2D eigenvalue weighted by Gasteiger charge is 2.15. The molecule has 1 aromatic carbocycles. The van der Waals surface area contributed by atoms with Crippen LogP contribution in [0.25, 0.3) is 11.0 Å². The van der Waals surface area contributed by atoms with Crippen LogP contribution in [0, 0.1) is 0 Å². The van der Waals surface area contributed by atoms with Crippen LogP contribution in [0.4, 0.5) is 5.82 Å². The summed E-state index contributed by atoms with van der Waals surface area (Å²) >= 11 is 3.43. The molecule has 0 aliphatic heterocycles. The summed E-state index contributed by atoms with van der Waals surface area (Å²) < 4.78 is 2.96. The molecule has 0 aliphatic carbocycles. The average molecular weight is 320 g/mol. The minimum absolute atomic E-state index is 0.592. The van der Waals surface area contributed by atoms with Crippen LogP contribution in [0.2, 0.25) is 0 Å². The number of nitrogen functional groups attached to an aromatic ring is 1. The van der Waals surface area contributed by atoms with Gasteiger partial charge in [0.1, 0.15) is 5.82 Å². The minimum Gasteiger partial charge on any atom is -0.383 e. The van der Waals surface area contributed by atoms with E-state index < -0.39 is 0 Å². The predicted molar refractivity (Wildman–Crippen MR) is 78.9 cm³/mol. The highest BCUT2D eigenvalue weighted by atomic mass is 79.9. The lowest BCUT2D eigenvalue weighted by atomic mass is 10.2. The van der Waals surface area contributed by atoms with Gasteiger partial charge in [-0.25, -0.2) is 4.68 Å². The first kappa shape index (κ1) is 12.2. The molecule has 0 radical (unpaired) electrons. The number of H-pyrrole nitrogens is 1. The van der Waals surface area contributed by atoms with Crippen molar-refractivity contribution in [1.29, 1.82) is 0 Å². The van der Waals surface area contributed by atoms with Gasteiger partial charge in [0.15, 0.2) is 5.65 Å². The van der Waals surface area contributed by atoms with Crippen LogP contribution in [-0.2, 0) is 13.0 Å². The van der Waals surface area contributed by atoms with E-state index >= 15 is 0 Å². The molecule has 2 heterocycles. The van der Waals surface area contributed by atoms with Gasteiger partial charge in [0.2, 0.25) is 0 Å². The van der Waals surface area contributed by atoms with Gasteiger partial charge >= 0.3 is 0 Å². The van der Waals surface area contributed by atoms with Gasteiger partial charge in [-0.15, -0.1) is 0 Å². The summed E-state index contributed by atoms with van der Waals surface area (Å²) in [6.45, 7) is 2.76. The number of halogens is 1. The van der Waals surface area contributed by atoms with Crippen molar-refractivity contribution in [2.45, 2.75) is 19.9 Å². The van der Waals surface area contributed by atoms with Crippen LogP contribution in [0.15, 0.2) is 28.7 Å². The maximum absolute atomic E-state index is 5.90. The molecule has 98 valence electrons. The zero-order valence-corrected chi connectivity index (χ0v) is 12.1. The molecule has 0 bridgehead atoms. The second-order valence-corrected chi connectivity index (χ2v) is 5.34. The normalized spacial score (nSPS) is 11.3. The number of aromatic nitrogens is 4. The summed E-state index contributed by atoms with van der Waals surface area (Å²) in [6.07, 6.45) is 0.841. The number of aryl methyl sites for hydroxylation is 1. The van der Waals surface area contributed by atoms with E-state index in [0.29, 0.717) is 12.4 Å². The highest BCUT2D eigenvalue weighted by molar-refractivity contribution is 9.10. The Kier molecular flexibility index (Phi) is 3.02. The number of aromatic amines is 1. The third-order valence-corrected chi connectivity index (χ3v) is 3.66. The molecule has 3 N–H and O–H groups in total. The number of benzene rings is 1. The molecule has 0 unspecified atom stereocenters. The highest BCUT2D eigenvalue weighted by Crippen LogP contribution is 2.23. The molecule has 19 heavy (non-hydrogen) atoms. The SMILES string of the molecule is CCc1nn(Cc2ccc(Br)cc2)c2n[nH]c(N)c12. The first-order valence-electron chi connectivity index (χ1n) is 6.12. The number of hydrogen-bond acceptors (Lipinski definition) is 3. The van der Waals surface area contributed by atoms with Crippen LogP contribution in [0.5, 0.6) is 0 Å². The predicted octanol–water partition coefficient (Wildman–Crippen LogP) is 2.71. The van der Waals surface area contributed by atoms with E-state index in [1.807, 2.05) is 16.8 Å². The van der Waals surface area contributed by atoms with Crippen molar-refractivity contribution in [3.05, 3.63) is 40.0 Å². The van der Waals surface area contributed by atoms with E-state index in [9.17, 15) is 0 Å². The molecule has 6 heteroatoms. The summed E-state index contributed by atoms with van der Waals surface area (Å²) in [5, 5.41) is 12.6. The average Bonchev–Trinajstić information content (AvgIpc) is 2.95.